The van der Waals surface area contributed by atoms with Gasteiger partial charge in [-0.1, -0.05) is 0 Å². The van der Waals surface area contributed by atoms with Gasteiger partial charge in [-0.15, -0.1) is 21.5 Å². The number of thiophene rings is 1. The Morgan fingerprint density at radius 1 is 1.57 bits per heavy atom. The van der Waals surface area contributed by atoms with E-state index in [1.165, 1.54) is 5.56 Å². The fourth-order valence-electron chi connectivity index (χ4n) is 1.16. The van der Waals surface area contributed by atoms with Crippen molar-refractivity contribution in [2.24, 2.45) is 0 Å². The van der Waals surface area contributed by atoms with Gasteiger partial charge >= 0.3 is 0 Å². The minimum atomic E-state index is -0.0781. The summed E-state index contributed by atoms with van der Waals surface area (Å²) < 4.78 is 2.93. The highest BCUT2D eigenvalue weighted by molar-refractivity contribution is 9.11. The van der Waals surface area contributed by atoms with Crippen molar-refractivity contribution in [3.63, 3.8) is 0 Å². The number of rotatable bonds is 3. The van der Waals surface area contributed by atoms with Gasteiger partial charge in [-0.3, -0.25) is 0 Å². The number of halogens is 1. The van der Waals surface area contributed by atoms with E-state index in [-0.39, 0.29) is 6.61 Å². The van der Waals surface area contributed by atoms with Crippen LogP contribution in [0.2, 0.25) is 0 Å². The monoisotopic (exact) mass is 273 g/mol. The predicted molar refractivity (Wildman–Crippen MR) is 57.1 cm³/mol. The minimum absolute atomic E-state index is 0.0781. The SMILES string of the molecule is OCc1nncn1Cc1csc(Br)c1. The highest BCUT2D eigenvalue weighted by atomic mass is 79.9. The second-order valence-electron chi connectivity index (χ2n) is 2.79. The molecule has 74 valence electrons. The van der Waals surface area contributed by atoms with Crippen LogP contribution in [-0.2, 0) is 13.2 Å². The zero-order valence-corrected chi connectivity index (χ0v) is 9.62. The first-order valence-electron chi connectivity index (χ1n) is 4.00. The summed E-state index contributed by atoms with van der Waals surface area (Å²) in [6.07, 6.45) is 1.62. The molecule has 0 aromatic carbocycles. The summed E-state index contributed by atoms with van der Waals surface area (Å²) in [6.45, 7) is 0.621. The van der Waals surface area contributed by atoms with Gasteiger partial charge in [0.25, 0.3) is 0 Å². The summed E-state index contributed by atoms with van der Waals surface area (Å²) in [5, 5.41) is 18.6. The Kier molecular flexibility index (Phi) is 2.95. The molecule has 0 aliphatic heterocycles. The number of aliphatic hydroxyl groups is 1. The molecule has 0 spiro atoms. The van der Waals surface area contributed by atoms with Gasteiger partial charge in [-0.2, -0.15) is 0 Å². The van der Waals surface area contributed by atoms with Gasteiger partial charge in [-0.25, -0.2) is 0 Å². The van der Waals surface area contributed by atoms with E-state index in [0.717, 1.165) is 3.79 Å². The molecule has 0 bridgehead atoms. The van der Waals surface area contributed by atoms with E-state index >= 15 is 0 Å². The summed E-state index contributed by atoms with van der Waals surface area (Å²) in [5.41, 5.74) is 1.18. The molecule has 0 aliphatic carbocycles. The van der Waals surface area contributed by atoms with Crippen molar-refractivity contribution in [1.82, 2.24) is 14.8 Å². The van der Waals surface area contributed by atoms with E-state index in [9.17, 15) is 0 Å². The smallest absolute Gasteiger partial charge is 0.158 e. The summed E-state index contributed by atoms with van der Waals surface area (Å²) >= 11 is 5.04. The van der Waals surface area contributed by atoms with Crippen LogP contribution in [0.1, 0.15) is 11.4 Å². The maximum Gasteiger partial charge on any atom is 0.158 e. The van der Waals surface area contributed by atoms with Crippen LogP contribution in [0, 0.1) is 0 Å². The molecule has 2 aromatic heterocycles. The second kappa shape index (κ2) is 4.20. The molecule has 0 saturated heterocycles. The van der Waals surface area contributed by atoms with Gasteiger partial charge in [-0.05, 0) is 32.9 Å². The first-order chi connectivity index (χ1) is 6.79. The third-order valence-corrected chi connectivity index (χ3v) is 3.37. The number of hydrogen-bond donors (Lipinski definition) is 1. The normalized spacial score (nSPS) is 10.7. The number of nitrogens with zero attached hydrogens (tertiary/aromatic N) is 3. The first-order valence-corrected chi connectivity index (χ1v) is 5.67. The van der Waals surface area contributed by atoms with E-state index in [2.05, 4.69) is 31.5 Å². The van der Waals surface area contributed by atoms with Gasteiger partial charge in [0, 0.05) is 0 Å². The van der Waals surface area contributed by atoms with Crippen molar-refractivity contribution in [1.29, 1.82) is 0 Å². The molecule has 1 N–H and O–H groups in total. The highest BCUT2D eigenvalue weighted by Gasteiger charge is 2.04. The van der Waals surface area contributed by atoms with E-state index < -0.39 is 0 Å². The molecule has 0 saturated carbocycles. The predicted octanol–water partition coefficient (Wildman–Crippen LogP) is 1.64. The molecule has 0 radical (unpaired) electrons. The molecule has 0 atom stereocenters. The molecule has 0 unspecified atom stereocenters. The molecule has 2 rings (SSSR count). The fraction of sp³-hybridized carbons (Fsp3) is 0.250. The van der Waals surface area contributed by atoms with Crippen molar-refractivity contribution >= 4 is 27.3 Å². The van der Waals surface area contributed by atoms with Crippen molar-refractivity contribution in [3.05, 3.63) is 32.9 Å². The quantitative estimate of drug-likeness (QED) is 0.925. The molecule has 0 aliphatic rings. The van der Waals surface area contributed by atoms with Crippen LogP contribution in [0.3, 0.4) is 0 Å². The lowest BCUT2D eigenvalue weighted by atomic mass is 10.3. The summed E-state index contributed by atoms with van der Waals surface area (Å²) in [4.78, 5) is 0. The van der Waals surface area contributed by atoms with Crippen LogP contribution in [0.15, 0.2) is 21.6 Å². The Bertz CT molecular complexity index is 426. The molecule has 2 aromatic rings. The average molecular weight is 274 g/mol. The Labute approximate surface area is 93.3 Å². The van der Waals surface area contributed by atoms with Crippen molar-refractivity contribution in [2.45, 2.75) is 13.2 Å². The Balaban J connectivity index is 2.18. The third kappa shape index (κ3) is 2.02. The van der Waals surface area contributed by atoms with Gasteiger partial charge in [0.05, 0.1) is 10.3 Å². The lowest BCUT2D eigenvalue weighted by Gasteiger charge is -2.01. The van der Waals surface area contributed by atoms with Crippen LogP contribution >= 0.6 is 27.3 Å². The molecule has 14 heavy (non-hydrogen) atoms. The lowest BCUT2D eigenvalue weighted by molar-refractivity contribution is 0.265. The van der Waals surface area contributed by atoms with Crippen LogP contribution in [0.5, 0.6) is 0 Å². The Morgan fingerprint density at radius 2 is 2.43 bits per heavy atom. The first kappa shape index (κ1) is 9.82. The molecule has 4 nitrogen and oxygen atoms in total. The average Bonchev–Trinajstić information content (AvgIpc) is 2.76. The maximum atomic E-state index is 8.96. The van der Waals surface area contributed by atoms with Crippen molar-refractivity contribution in [3.8, 4) is 0 Å². The zero-order chi connectivity index (χ0) is 9.97. The fourth-order valence-corrected chi connectivity index (χ4v) is 2.36. The maximum absolute atomic E-state index is 8.96. The van der Waals surface area contributed by atoms with E-state index in [1.807, 2.05) is 10.6 Å². The molecule has 2 heterocycles. The van der Waals surface area contributed by atoms with Crippen LogP contribution in [-0.4, -0.2) is 19.9 Å². The second-order valence-corrected chi connectivity index (χ2v) is 5.08. The molecular formula is C8H8BrN3OS. The van der Waals surface area contributed by atoms with Gasteiger partial charge in [0.2, 0.25) is 0 Å². The van der Waals surface area contributed by atoms with E-state index in [1.54, 1.807) is 17.7 Å². The molecule has 0 fully saturated rings. The Morgan fingerprint density at radius 3 is 3.07 bits per heavy atom. The van der Waals surface area contributed by atoms with Crippen molar-refractivity contribution in [2.75, 3.05) is 0 Å². The summed E-state index contributed by atoms with van der Waals surface area (Å²) in [7, 11) is 0. The van der Waals surface area contributed by atoms with E-state index in [0.29, 0.717) is 12.4 Å². The van der Waals surface area contributed by atoms with Crippen LogP contribution in [0.4, 0.5) is 0 Å². The third-order valence-electron chi connectivity index (χ3n) is 1.81. The van der Waals surface area contributed by atoms with Crippen LogP contribution in [0.25, 0.3) is 0 Å². The standard InChI is InChI=1S/C8H8BrN3OS/c9-7-1-6(4-14-7)2-12-5-10-11-8(12)3-13/h1,4-5,13H,2-3H2. The summed E-state index contributed by atoms with van der Waals surface area (Å²) in [5.74, 6) is 0.590. The van der Waals surface area contributed by atoms with Crippen LogP contribution < -0.4 is 0 Å². The van der Waals surface area contributed by atoms with Gasteiger partial charge < -0.3 is 9.67 Å². The lowest BCUT2D eigenvalue weighted by Crippen LogP contribution is -2.03. The number of hydrogen-bond acceptors (Lipinski definition) is 4. The number of aromatic nitrogens is 3. The Hall–Kier alpha value is -0.720. The van der Waals surface area contributed by atoms with E-state index in [4.69, 9.17) is 5.11 Å². The highest BCUT2D eigenvalue weighted by Crippen LogP contribution is 2.21. The topological polar surface area (TPSA) is 50.9 Å². The van der Waals surface area contributed by atoms with Gasteiger partial charge in [0.15, 0.2) is 5.82 Å². The van der Waals surface area contributed by atoms with Crippen molar-refractivity contribution < 1.29 is 5.11 Å². The zero-order valence-electron chi connectivity index (χ0n) is 7.22. The summed E-state index contributed by atoms with van der Waals surface area (Å²) in [6, 6.07) is 2.05. The molecular weight excluding hydrogens is 266 g/mol. The number of aliphatic hydroxyl groups excluding tert-OH is 1. The largest absolute Gasteiger partial charge is 0.388 e. The minimum Gasteiger partial charge on any atom is -0.388 e. The molecule has 0 amide bonds. The van der Waals surface area contributed by atoms with Gasteiger partial charge in [0.1, 0.15) is 12.9 Å². The molecule has 6 heteroatoms.